The van der Waals surface area contributed by atoms with E-state index in [1.165, 1.54) is 6.20 Å². The Morgan fingerprint density at radius 3 is 1.93 bits per heavy atom. The molecule has 0 saturated carbocycles. The first kappa shape index (κ1) is 11.5. The summed E-state index contributed by atoms with van der Waals surface area (Å²) in [4.78, 5) is 15.3. The Labute approximate surface area is 93.4 Å². The van der Waals surface area contributed by atoms with Crippen LogP contribution in [0.15, 0.2) is 37.2 Å². The molecular formula is C10H11ClN4. The van der Waals surface area contributed by atoms with E-state index in [1.54, 1.807) is 31.0 Å². The van der Waals surface area contributed by atoms with Crippen LogP contribution in [0.1, 0.15) is 12.6 Å². The number of halogens is 1. The van der Waals surface area contributed by atoms with Crippen LogP contribution in [0.4, 0.5) is 0 Å². The third-order valence-electron chi connectivity index (χ3n) is 1.51. The Balaban J connectivity index is 0.000000151. The highest BCUT2D eigenvalue weighted by atomic mass is 35.5. The Hall–Kier alpha value is -1.55. The van der Waals surface area contributed by atoms with E-state index in [2.05, 4.69) is 26.9 Å². The molecule has 2 aromatic rings. The van der Waals surface area contributed by atoms with Gasteiger partial charge in [-0.1, -0.05) is 18.5 Å². The van der Waals surface area contributed by atoms with Gasteiger partial charge >= 0.3 is 0 Å². The van der Waals surface area contributed by atoms with Crippen molar-refractivity contribution >= 4 is 11.6 Å². The summed E-state index contributed by atoms with van der Waals surface area (Å²) >= 11 is 5.37. The van der Waals surface area contributed by atoms with Crippen LogP contribution >= 0.6 is 11.6 Å². The van der Waals surface area contributed by atoms with Gasteiger partial charge in [0.05, 0.1) is 11.9 Å². The molecule has 0 fully saturated rings. The molecule has 0 radical (unpaired) electrons. The van der Waals surface area contributed by atoms with Crippen molar-refractivity contribution in [3.8, 4) is 0 Å². The Morgan fingerprint density at radius 1 is 1.00 bits per heavy atom. The minimum Gasteiger partial charge on any atom is -0.261 e. The normalized spacial score (nSPS) is 8.93. The zero-order valence-corrected chi connectivity index (χ0v) is 9.09. The van der Waals surface area contributed by atoms with Crippen molar-refractivity contribution in [2.45, 2.75) is 13.3 Å². The number of hydrogen-bond acceptors (Lipinski definition) is 4. The Bertz CT molecular complexity index is 366. The van der Waals surface area contributed by atoms with Gasteiger partial charge in [-0.25, -0.2) is 4.98 Å². The molecule has 0 aliphatic rings. The predicted molar refractivity (Wildman–Crippen MR) is 58.5 cm³/mol. The zero-order valence-electron chi connectivity index (χ0n) is 8.34. The third kappa shape index (κ3) is 5.02. The molecule has 0 amide bonds. The molecule has 0 spiro atoms. The van der Waals surface area contributed by atoms with Crippen molar-refractivity contribution < 1.29 is 0 Å². The van der Waals surface area contributed by atoms with E-state index in [1.807, 2.05) is 0 Å². The second kappa shape index (κ2) is 6.84. The van der Waals surface area contributed by atoms with Gasteiger partial charge in [-0.3, -0.25) is 15.0 Å². The molecule has 2 rings (SSSR count). The van der Waals surface area contributed by atoms with Crippen LogP contribution in [0, 0.1) is 0 Å². The van der Waals surface area contributed by atoms with Gasteiger partial charge in [0, 0.05) is 31.0 Å². The SMILES string of the molecule is CCc1cnccn1.Clc1cnccn1. The van der Waals surface area contributed by atoms with Crippen LogP contribution in [0.25, 0.3) is 0 Å². The summed E-state index contributed by atoms with van der Waals surface area (Å²) in [7, 11) is 0. The van der Waals surface area contributed by atoms with Gasteiger partial charge in [-0.2, -0.15) is 0 Å². The van der Waals surface area contributed by atoms with E-state index < -0.39 is 0 Å². The summed E-state index contributed by atoms with van der Waals surface area (Å²) in [5.74, 6) is 0. The number of aryl methyl sites for hydroxylation is 1. The van der Waals surface area contributed by atoms with Crippen molar-refractivity contribution in [1.82, 2.24) is 19.9 Å². The molecule has 78 valence electrons. The third-order valence-corrected chi connectivity index (χ3v) is 1.71. The number of nitrogens with zero attached hydrogens (tertiary/aromatic N) is 4. The van der Waals surface area contributed by atoms with E-state index >= 15 is 0 Å². The maximum absolute atomic E-state index is 5.37. The molecule has 0 N–H and O–H groups in total. The molecule has 4 nitrogen and oxygen atoms in total. The lowest BCUT2D eigenvalue weighted by molar-refractivity contribution is 1.000. The molecule has 0 aromatic carbocycles. The summed E-state index contributed by atoms with van der Waals surface area (Å²) in [6.45, 7) is 2.06. The molecule has 5 heteroatoms. The monoisotopic (exact) mass is 222 g/mol. The molecule has 0 atom stereocenters. The molecule has 15 heavy (non-hydrogen) atoms. The van der Waals surface area contributed by atoms with Gasteiger partial charge in [0.2, 0.25) is 0 Å². The van der Waals surface area contributed by atoms with Crippen molar-refractivity contribution in [2.75, 3.05) is 0 Å². The average Bonchev–Trinajstić information content (AvgIpc) is 2.32. The lowest BCUT2D eigenvalue weighted by Crippen LogP contribution is -1.84. The number of hydrogen-bond donors (Lipinski definition) is 0. The van der Waals surface area contributed by atoms with E-state index in [-0.39, 0.29) is 0 Å². The highest BCUT2D eigenvalue weighted by Gasteiger charge is 1.82. The quantitative estimate of drug-likeness (QED) is 0.742. The van der Waals surface area contributed by atoms with Gasteiger partial charge in [-0.15, -0.1) is 0 Å². The van der Waals surface area contributed by atoms with Gasteiger partial charge in [-0.05, 0) is 6.42 Å². The largest absolute Gasteiger partial charge is 0.261 e. The van der Waals surface area contributed by atoms with Gasteiger partial charge in [0.15, 0.2) is 0 Å². The topological polar surface area (TPSA) is 51.6 Å². The van der Waals surface area contributed by atoms with E-state index in [4.69, 9.17) is 11.6 Å². The first-order chi connectivity index (χ1) is 7.33. The Morgan fingerprint density at radius 2 is 1.67 bits per heavy atom. The minimum atomic E-state index is 0.433. The van der Waals surface area contributed by atoms with Crippen molar-refractivity contribution in [3.63, 3.8) is 0 Å². The summed E-state index contributed by atoms with van der Waals surface area (Å²) in [6, 6.07) is 0. The second-order valence-corrected chi connectivity index (χ2v) is 2.97. The lowest BCUT2D eigenvalue weighted by atomic mass is 10.4. The zero-order chi connectivity index (χ0) is 10.9. The van der Waals surface area contributed by atoms with E-state index in [0.29, 0.717) is 5.15 Å². The molecule has 2 heterocycles. The molecule has 0 unspecified atom stereocenters. The van der Waals surface area contributed by atoms with Crippen LogP contribution in [-0.2, 0) is 6.42 Å². The lowest BCUT2D eigenvalue weighted by Gasteiger charge is -1.88. The summed E-state index contributed by atoms with van der Waals surface area (Å²) in [5, 5.41) is 0.433. The van der Waals surface area contributed by atoms with Crippen LogP contribution < -0.4 is 0 Å². The van der Waals surface area contributed by atoms with Crippen LogP contribution in [-0.4, -0.2) is 19.9 Å². The number of aromatic nitrogens is 4. The minimum absolute atomic E-state index is 0.433. The van der Waals surface area contributed by atoms with Crippen LogP contribution in [0.2, 0.25) is 5.15 Å². The first-order valence-corrected chi connectivity index (χ1v) is 4.87. The fourth-order valence-electron chi connectivity index (χ4n) is 0.793. The molecule has 0 aliphatic heterocycles. The smallest absolute Gasteiger partial charge is 0.147 e. The predicted octanol–water partition coefficient (Wildman–Crippen LogP) is 2.17. The van der Waals surface area contributed by atoms with E-state index in [0.717, 1.165) is 12.1 Å². The molecule has 0 aliphatic carbocycles. The van der Waals surface area contributed by atoms with Crippen molar-refractivity contribution in [1.29, 1.82) is 0 Å². The summed E-state index contributed by atoms with van der Waals surface area (Å²) < 4.78 is 0. The van der Waals surface area contributed by atoms with E-state index in [9.17, 15) is 0 Å². The maximum Gasteiger partial charge on any atom is 0.147 e. The van der Waals surface area contributed by atoms with Gasteiger partial charge in [0.1, 0.15) is 5.15 Å². The molecule has 0 bridgehead atoms. The van der Waals surface area contributed by atoms with Crippen molar-refractivity contribution in [2.24, 2.45) is 0 Å². The first-order valence-electron chi connectivity index (χ1n) is 4.49. The average molecular weight is 223 g/mol. The Kier molecular flexibility index (Phi) is 5.25. The summed E-state index contributed by atoms with van der Waals surface area (Å²) in [6.07, 6.45) is 10.7. The fraction of sp³-hybridized carbons (Fsp3) is 0.200. The van der Waals surface area contributed by atoms with Crippen LogP contribution in [0.5, 0.6) is 0 Å². The highest BCUT2D eigenvalue weighted by molar-refractivity contribution is 6.29. The van der Waals surface area contributed by atoms with Gasteiger partial charge in [0.25, 0.3) is 0 Å². The number of rotatable bonds is 1. The summed E-state index contributed by atoms with van der Waals surface area (Å²) in [5.41, 5.74) is 1.05. The highest BCUT2D eigenvalue weighted by Crippen LogP contribution is 1.95. The molecular weight excluding hydrogens is 212 g/mol. The second-order valence-electron chi connectivity index (χ2n) is 2.58. The van der Waals surface area contributed by atoms with Gasteiger partial charge < -0.3 is 0 Å². The molecule has 2 aromatic heterocycles. The fourth-order valence-corrected chi connectivity index (χ4v) is 0.906. The maximum atomic E-state index is 5.37. The van der Waals surface area contributed by atoms with Crippen molar-refractivity contribution in [3.05, 3.63) is 48.0 Å². The standard InChI is InChI=1S/C6H8N2.C4H3ClN2/c1-2-6-5-7-3-4-8-6;5-4-3-6-1-2-7-4/h3-5H,2H2,1H3;1-3H. The molecule has 0 saturated heterocycles. The van der Waals surface area contributed by atoms with Crippen LogP contribution in [0.3, 0.4) is 0 Å².